The molecule has 4 nitrogen and oxygen atoms in total. The Morgan fingerprint density at radius 3 is 2.53 bits per heavy atom. The van der Waals surface area contributed by atoms with Crippen molar-refractivity contribution in [2.75, 3.05) is 39.5 Å². The summed E-state index contributed by atoms with van der Waals surface area (Å²) < 4.78 is 5.13. The van der Waals surface area contributed by atoms with Gasteiger partial charge in [0, 0.05) is 25.2 Å². The molecule has 4 heteroatoms. The summed E-state index contributed by atoms with van der Waals surface area (Å²) in [5, 5.41) is 20.9. The van der Waals surface area contributed by atoms with Crippen molar-refractivity contribution in [1.82, 2.24) is 5.32 Å². The van der Waals surface area contributed by atoms with Gasteiger partial charge in [-0.15, -0.1) is 0 Å². The predicted molar refractivity (Wildman–Crippen MR) is 60.9 cm³/mol. The van der Waals surface area contributed by atoms with Crippen molar-refractivity contribution in [2.45, 2.75) is 26.7 Å². The summed E-state index contributed by atoms with van der Waals surface area (Å²) in [6.45, 7) is 7.29. The summed E-state index contributed by atoms with van der Waals surface area (Å²) in [4.78, 5) is 0. The predicted octanol–water partition coefficient (Wildman–Crippen LogP) is 0.384. The van der Waals surface area contributed by atoms with E-state index < -0.39 is 0 Å². The Balaban J connectivity index is 3.29. The van der Waals surface area contributed by atoms with Crippen molar-refractivity contribution in [3.05, 3.63) is 0 Å². The van der Waals surface area contributed by atoms with Crippen molar-refractivity contribution in [3.63, 3.8) is 0 Å². The smallest absolute Gasteiger partial charge is 0.0697 e. The van der Waals surface area contributed by atoms with Gasteiger partial charge in [-0.05, 0) is 19.4 Å². The first-order chi connectivity index (χ1) is 7.18. The second-order valence-corrected chi connectivity index (χ2v) is 4.19. The van der Waals surface area contributed by atoms with Crippen molar-refractivity contribution < 1.29 is 14.9 Å². The highest BCUT2D eigenvalue weighted by Crippen LogP contribution is 2.17. The highest BCUT2D eigenvalue weighted by atomic mass is 16.5. The Labute approximate surface area is 92.6 Å². The third kappa shape index (κ3) is 7.73. The average molecular weight is 219 g/mol. The number of hydrogen-bond donors (Lipinski definition) is 3. The Morgan fingerprint density at radius 1 is 1.27 bits per heavy atom. The molecule has 0 aromatic heterocycles. The van der Waals surface area contributed by atoms with Gasteiger partial charge in [-0.2, -0.15) is 0 Å². The molecule has 0 heterocycles. The second-order valence-electron chi connectivity index (χ2n) is 4.19. The van der Waals surface area contributed by atoms with Crippen LogP contribution in [0.15, 0.2) is 0 Å². The van der Waals surface area contributed by atoms with Gasteiger partial charge in [-0.3, -0.25) is 0 Å². The van der Waals surface area contributed by atoms with E-state index >= 15 is 0 Å². The van der Waals surface area contributed by atoms with Crippen LogP contribution in [0.2, 0.25) is 0 Å². The van der Waals surface area contributed by atoms with E-state index in [0.29, 0.717) is 13.2 Å². The molecule has 0 aliphatic rings. The number of rotatable bonds is 10. The van der Waals surface area contributed by atoms with Crippen LogP contribution < -0.4 is 5.32 Å². The third-order valence-corrected chi connectivity index (χ3v) is 2.66. The summed E-state index contributed by atoms with van der Waals surface area (Å²) >= 11 is 0. The average Bonchev–Trinajstić information content (AvgIpc) is 2.27. The number of hydrogen-bond acceptors (Lipinski definition) is 4. The molecule has 0 aromatic carbocycles. The van der Waals surface area contributed by atoms with Gasteiger partial charge in [0.05, 0.1) is 13.2 Å². The lowest BCUT2D eigenvalue weighted by Gasteiger charge is -2.25. The van der Waals surface area contributed by atoms with Crippen LogP contribution >= 0.6 is 0 Å². The summed E-state index contributed by atoms with van der Waals surface area (Å²) in [5.41, 5.74) is -0.00798. The van der Waals surface area contributed by atoms with E-state index in [1.165, 1.54) is 0 Å². The highest BCUT2D eigenvalue weighted by molar-refractivity contribution is 4.73. The molecule has 0 radical (unpaired) electrons. The van der Waals surface area contributed by atoms with Crippen LogP contribution in [0.25, 0.3) is 0 Å². The fourth-order valence-electron chi connectivity index (χ4n) is 1.15. The zero-order valence-corrected chi connectivity index (χ0v) is 9.96. The van der Waals surface area contributed by atoms with Gasteiger partial charge in [0.2, 0.25) is 0 Å². The molecule has 0 fully saturated rings. The molecule has 92 valence electrons. The van der Waals surface area contributed by atoms with Crippen molar-refractivity contribution in [1.29, 1.82) is 0 Å². The zero-order chi connectivity index (χ0) is 11.6. The van der Waals surface area contributed by atoms with E-state index in [1.807, 2.05) is 0 Å². The largest absolute Gasteiger partial charge is 0.396 e. The second kappa shape index (κ2) is 9.09. The maximum atomic E-state index is 9.17. The molecular weight excluding hydrogens is 194 g/mol. The Morgan fingerprint density at radius 2 is 2.00 bits per heavy atom. The lowest BCUT2D eigenvalue weighted by Crippen LogP contribution is -2.35. The zero-order valence-electron chi connectivity index (χ0n) is 9.96. The van der Waals surface area contributed by atoms with Gasteiger partial charge in [0.25, 0.3) is 0 Å². The lowest BCUT2D eigenvalue weighted by atomic mass is 9.89. The van der Waals surface area contributed by atoms with Crippen LogP contribution in [0.4, 0.5) is 0 Å². The molecule has 3 N–H and O–H groups in total. The monoisotopic (exact) mass is 219 g/mol. The SMILES string of the molecule is CCC(C)(CO)CNCCCOCCO. The lowest BCUT2D eigenvalue weighted by molar-refractivity contribution is 0.0892. The van der Waals surface area contributed by atoms with Crippen LogP contribution in [0, 0.1) is 5.41 Å². The van der Waals surface area contributed by atoms with Crippen molar-refractivity contribution >= 4 is 0 Å². The molecule has 1 unspecified atom stereocenters. The molecule has 15 heavy (non-hydrogen) atoms. The third-order valence-electron chi connectivity index (χ3n) is 2.66. The molecule has 0 amide bonds. The van der Waals surface area contributed by atoms with Gasteiger partial charge in [0.1, 0.15) is 0 Å². The van der Waals surface area contributed by atoms with E-state index in [2.05, 4.69) is 19.2 Å². The van der Waals surface area contributed by atoms with Gasteiger partial charge in [0.15, 0.2) is 0 Å². The van der Waals surface area contributed by atoms with E-state index in [0.717, 1.165) is 25.9 Å². The number of ether oxygens (including phenoxy) is 1. The maximum Gasteiger partial charge on any atom is 0.0697 e. The van der Waals surface area contributed by atoms with Crippen molar-refractivity contribution in [2.24, 2.45) is 5.41 Å². The first-order valence-electron chi connectivity index (χ1n) is 5.68. The number of aliphatic hydroxyl groups is 2. The minimum absolute atomic E-state index is 0.00798. The van der Waals surface area contributed by atoms with E-state index in [-0.39, 0.29) is 18.6 Å². The topological polar surface area (TPSA) is 61.7 Å². The normalized spacial score (nSPS) is 15.2. The van der Waals surface area contributed by atoms with E-state index in [4.69, 9.17) is 14.9 Å². The number of nitrogens with one attached hydrogen (secondary N) is 1. The maximum absolute atomic E-state index is 9.17. The van der Waals surface area contributed by atoms with Gasteiger partial charge in [-0.25, -0.2) is 0 Å². The first-order valence-corrected chi connectivity index (χ1v) is 5.68. The Hall–Kier alpha value is -0.160. The molecule has 0 saturated heterocycles. The standard InChI is InChI=1S/C11H25NO3/c1-3-11(2,10-14)9-12-5-4-7-15-8-6-13/h12-14H,3-10H2,1-2H3. The number of aliphatic hydroxyl groups excluding tert-OH is 2. The van der Waals surface area contributed by atoms with Crippen LogP contribution in [0.1, 0.15) is 26.7 Å². The minimum atomic E-state index is -0.00798. The summed E-state index contributed by atoms with van der Waals surface area (Å²) in [5.74, 6) is 0. The van der Waals surface area contributed by atoms with E-state index in [1.54, 1.807) is 0 Å². The van der Waals surface area contributed by atoms with Gasteiger partial charge >= 0.3 is 0 Å². The molecule has 0 aromatic rings. The van der Waals surface area contributed by atoms with E-state index in [9.17, 15) is 0 Å². The van der Waals surface area contributed by atoms with Crippen LogP contribution in [-0.2, 0) is 4.74 Å². The first kappa shape index (κ1) is 14.8. The highest BCUT2D eigenvalue weighted by Gasteiger charge is 2.19. The minimum Gasteiger partial charge on any atom is -0.396 e. The molecule has 1 atom stereocenters. The molecule has 0 rings (SSSR count). The quantitative estimate of drug-likeness (QED) is 0.465. The van der Waals surface area contributed by atoms with Crippen LogP contribution in [0.3, 0.4) is 0 Å². The molecular formula is C11H25NO3. The van der Waals surface area contributed by atoms with Crippen LogP contribution in [-0.4, -0.2) is 49.7 Å². The summed E-state index contributed by atoms with van der Waals surface area (Å²) in [6, 6.07) is 0. The summed E-state index contributed by atoms with van der Waals surface area (Å²) in [6.07, 6.45) is 1.91. The molecule has 0 saturated carbocycles. The Kier molecular flexibility index (Phi) is 9.00. The summed E-state index contributed by atoms with van der Waals surface area (Å²) in [7, 11) is 0. The fraction of sp³-hybridized carbons (Fsp3) is 1.00. The molecule has 0 bridgehead atoms. The molecule has 0 spiro atoms. The van der Waals surface area contributed by atoms with Gasteiger partial charge in [-0.1, -0.05) is 13.8 Å². The van der Waals surface area contributed by atoms with Gasteiger partial charge < -0.3 is 20.3 Å². The molecule has 0 aliphatic heterocycles. The molecule has 0 aliphatic carbocycles. The van der Waals surface area contributed by atoms with Crippen LogP contribution in [0.5, 0.6) is 0 Å². The Bertz CT molecular complexity index is 138. The van der Waals surface area contributed by atoms with Crippen molar-refractivity contribution in [3.8, 4) is 0 Å². The fourth-order valence-corrected chi connectivity index (χ4v) is 1.15.